The highest BCUT2D eigenvalue weighted by molar-refractivity contribution is 9.10. The molecule has 0 saturated carbocycles. The fraction of sp³-hybridized carbons (Fsp3) is 0.350. The minimum absolute atomic E-state index is 0.0447. The SMILES string of the molecule is Cc1cccc(CSCCNC(=O)COc2cc(C)c(Br)c(C)c2)c1. The van der Waals surface area contributed by atoms with Gasteiger partial charge in [-0.3, -0.25) is 4.79 Å². The molecule has 0 unspecified atom stereocenters. The number of halogens is 1. The lowest BCUT2D eigenvalue weighted by Gasteiger charge is -2.10. The molecule has 0 spiro atoms. The van der Waals surface area contributed by atoms with Crippen molar-refractivity contribution in [3.8, 4) is 5.75 Å². The second-order valence-corrected chi connectivity index (χ2v) is 7.95. The van der Waals surface area contributed by atoms with Crippen LogP contribution in [0, 0.1) is 20.8 Å². The highest BCUT2D eigenvalue weighted by atomic mass is 79.9. The molecule has 0 saturated heterocycles. The van der Waals surface area contributed by atoms with Crippen molar-refractivity contribution in [1.29, 1.82) is 0 Å². The van der Waals surface area contributed by atoms with E-state index in [0.29, 0.717) is 6.54 Å². The van der Waals surface area contributed by atoms with Crippen LogP contribution in [-0.2, 0) is 10.5 Å². The van der Waals surface area contributed by atoms with Crippen molar-refractivity contribution in [1.82, 2.24) is 5.32 Å². The normalized spacial score (nSPS) is 10.6. The van der Waals surface area contributed by atoms with Gasteiger partial charge in [-0.25, -0.2) is 0 Å². The van der Waals surface area contributed by atoms with Crippen molar-refractivity contribution >= 4 is 33.6 Å². The first-order chi connectivity index (χ1) is 12.0. The summed E-state index contributed by atoms with van der Waals surface area (Å²) in [4.78, 5) is 11.9. The molecule has 0 radical (unpaired) electrons. The summed E-state index contributed by atoms with van der Waals surface area (Å²) in [5, 5.41) is 2.90. The van der Waals surface area contributed by atoms with Gasteiger partial charge in [0.15, 0.2) is 6.61 Å². The van der Waals surface area contributed by atoms with Crippen molar-refractivity contribution in [2.24, 2.45) is 0 Å². The Morgan fingerprint density at radius 1 is 1.16 bits per heavy atom. The van der Waals surface area contributed by atoms with Gasteiger partial charge in [-0.05, 0) is 49.6 Å². The van der Waals surface area contributed by atoms with Gasteiger partial charge in [-0.15, -0.1) is 0 Å². The highest BCUT2D eigenvalue weighted by Gasteiger charge is 2.06. The van der Waals surface area contributed by atoms with E-state index in [2.05, 4.69) is 52.4 Å². The Labute approximate surface area is 162 Å². The van der Waals surface area contributed by atoms with E-state index in [1.54, 1.807) is 0 Å². The number of benzene rings is 2. The van der Waals surface area contributed by atoms with Gasteiger partial charge in [0.25, 0.3) is 5.91 Å². The summed E-state index contributed by atoms with van der Waals surface area (Å²) in [7, 11) is 0. The fourth-order valence-electron chi connectivity index (χ4n) is 2.44. The molecule has 0 heterocycles. The number of ether oxygens (including phenoxy) is 1. The van der Waals surface area contributed by atoms with Crippen molar-refractivity contribution in [3.63, 3.8) is 0 Å². The zero-order valence-corrected chi connectivity index (χ0v) is 17.3. The van der Waals surface area contributed by atoms with E-state index in [9.17, 15) is 4.79 Å². The van der Waals surface area contributed by atoms with Gasteiger partial charge in [0.2, 0.25) is 0 Å². The first-order valence-electron chi connectivity index (χ1n) is 8.25. The lowest BCUT2D eigenvalue weighted by Crippen LogP contribution is -2.30. The first-order valence-corrected chi connectivity index (χ1v) is 10.2. The molecule has 0 fully saturated rings. The van der Waals surface area contributed by atoms with Crippen LogP contribution in [0.2, 0.25) is 0 Å². The summed E-state index contributed by atoms with van der Waals surface area (Å²) in [6.45, 7) is 6.81. The van der Waals surface area contributed by atoms with Gasteiger partial charge in [-0.2, -0.15) is 11.8 Å². The second kappa shape index (κ2) is 9.88. The van der Waals surface area contributed by atoms with Gasteiger partial charge in [0.1, 0.15) is 5.75 Å². The van der Waals surface area contributed by atoms with Gasteiger partial charge in [0.05, 0.1) is 0 Å². The van der Waals surface area contributed by atoms with Crippen molar-refractivity contribution < 1.29 is 9.53 Å². The number of carbonyl (C=O) groups is 1. The molecule has 1 amide bonds. The van der Waals surface area contributed by atoms with E-state index in [1.165, 1.54) is 11.1 Å². The van der Waals surface area contributed by atoms with Gasteiger partial charge in [-0.1, -0.05) is 45.8 Å². The lowest BCUT2D eigenvalue weighted by atomic mass is 10.1. The number of thioether (sulfide) groups is 1. The van der Waals surface area contributed by atoms with Crippen LogP contribution in [0.5, 0.6) is 5.75 Å². The Morgan fingerprint density at radius 3 is 2.56 bits per heavy atom. The van der Waals surface area contributed by atoms with Crippen LogP contribution in [-0.4, -0.2) is 24.8 Å². The Bertz CT molecular complexity index is 710. The van der Waals surface area contributed by atoms with Crippen LogP contribution in [0.4, 0.5) is 0 Å². The largest absolute Gasteiger partial charge is 0.484 e. The highest BCUT2D eigenvalue weighted by Crippen LogP contribution is 2.26. The summed E-state index contributed by atoms with van der Waals surface area (Å²) < 4.78 is 6.66. The minimum atomic E-state index is -0.0885. The first kappa shape index (κ1) is 19.9. The molecule has 0 aliphatic rings. The second-order valence-electron chi connectivity index (χ2n) is 6.05. The van der Waals surface area contributed by atoms with Crippen molar-refractivity contribution in [3.05, 3.63) is 63.1 Å². The number of rotatable bonds is 8. The summed E-state index contributed by atoms with van der Waals surface area (Å²) in [5.41, 5.74) is 4.80. The molecule has 2 aromatic carbocycles. The maximum Gasteiger partial charge on any atom is 0.257 e. The number of carbonyl (C=O) groups excluding carboxylic acids is 1. The van der Waals surface area contributed by atoms with Crippen LogP contribution in [0.25, 0.3) is 0 Å². The maximum atomic E-state index is 11.9. The molecular formula is C20H24BrNO2S. The Hall–Kier alpha value is -1.46. The summed E-state index contributed by atoms with van der Waals surface area (Å²) in [5.74, 6) is 2.48. The molecule has 25 heavy (non-hydrogen) atoms. The van der Waals surface area contributed by atoms with Crippen LogP contribution in [0.1, 0.15) is 22.3 Å². The molecular weight excluding hydrogens is 398 g/mol. The topological polar surface area (TPSA) is 38.3 Å². The zero-order valence-electron chi connectivity index (χ0n) is 14.9. The Balaban J connectivity index is 1.64. The van der Waals surface area contributed by atoms with E-state index in [-0.39, 0.29) is 12.5 Å². The molecule has 0 atom stereocenters. The third-order valence-corrected chi connectivity index (χ3v) is 5.98. The van der Waals surface area contributed by atoms with Crippen LogP contribution in [0.3, 0.4) is 0 Å². The third-order valence-electron chi connectivity index (χ3n) is 3.70. The Kier molecular flexibility index (Phi) is 7.85. The maximum absolute atomic E-state index is 11.9. The van der Waals surface area contributed by atoms with Crippen LogP contribution < -0.4 is 10.1 Å². The third kappa shape index (κ3) is 6.75. The summed E-state index contributed by atoms with van der Waals surface area (Å²) in [6, 6.07) is 12.4. The zero-order chi connectivity index (χ0) is 18.2. The van der Waals surface area contributed by atoms with E-state index in [0.717, 1.165) is 32.9 Å². The average molecular weight is 422 g/mol. The monoisotopic (exact) mass is 421 g/mol. The van der Waals surface area contributed by atoms with E-state index >= 15 is 0 Å². The molecule has 5 heteroatoms. The molecule has 0 aliphatic carbocycles. The molecule has 1 N–H and O–H groups in total. The van der Waals surface area contributed by atoms with Crippen LogP contribution in [0.15, 0.2) is 40.9 Å². The molecule has 0 bridgehead atoms. The number of nitrogens with one attached hydrogen (secondary N) is 1. The molecule has 0 aliphatic heterocycles. The van der Waals surface area contributed by atoms with Crippen LogP contribution >= 0.6 is 27.7 Å². The fourth-order valence-corrected chi connectivity index (χ4v) is 3.48. The van der Waals surface area contributed by atoms with E-state index < -0.39 is 0 Å². The number of amides is 1. The molecule has 3 nitrogen and oxygen atoms in total. The predicted molar refractivity (Wildman–Crippen MR) is 109 cm³/mol. The number of aryl methyl sites for hydroxylation is 3. The standard InChI is InChI=1S/C20H24BrNO2S/c1-14-5-4-6-17(9-14)13-25-8-7-22-19(23)12-24-18-10-15(2)20(21)16(3)11-18/h4-6,9-11H,7-8,12-13H2,1-3H3,(H,22,23). The molecule has 2 rings (SSSR count). The molecule has 0 aromatic heterocycles. The quantitative estimate of drug-likeness (QED) is 0.621. The number of hydrogen-bond acceptors (Lipinski definition) is 3. The van der Waals surface area contributed by atoms with Gasteiger partial charge < -0.3 is 10.1 Å². The van der Waals surface area contributed by atoms with E-state index in [4.69, 9.17) is 4.74 Å². The summed E-state index contributed by atoms with van der Waals surface area (Å²) >= 11 is 5.34. The average Bonchev–Trinajstić information content (AvgIpc) is 2.57. The predicted octanol–water partition coefficient (Wildman–Crippen LogP) is 4.80. The van der Waals surface area contributed by atoms with Crippen molar-refractivity contribution in [2.75, 3.05) is 18.9 Å². The molecule has 2 aromatic rings. The smallest absolute Gasteiger partial charge is 0.257 e. The van der Waals surface area contributed by atoms with Crippen molar-refractivity contribution in [2.45, 2.75) is 26.5 Å². The summed E-state index contributed by atoms with van der Waals surface area (Å²) in [6.07, 6.45) is 0. The number of hydrogen-bond donors (Lipinski definition) is 1. The Morgan fingerprint density at radius 2 is 1.88 bits per heavy atom. The van der Waals surface area contributed by atoms with E-state index in [1.807, 2.05) is 37.7 Å². The van der Waals surface area contributed by atoms with Gasteiger partial charge in [0, 0.05) is 22.5 Å². The molecule has 134 valence electrons. The minimum Gasteiger partial charge on any atom is -0.484 e. The lowest BCUT2D eigenvalue weighted by molar-refractivity contribution is -0.122. The van der Waals surface area contributed by atoms with Gasteiger partial charge >= 0.3 is 0 Å².